The maximum atomic E-state index is 12.2. The topological polar surface area (TPSA) is 67.6 Å². The number of methoxy groups -OCH3 is 1. The van der Waals surface area contributed by atoms with E-state index in [0.29, 0.717) is 17.9 Å². The highest BCUT2D eigenvalue weighted by molar-refractivity contribution is 5.94. The average molecular weight is 277 g/mol. The predicted octanol–water partition coefficient (Wildman–Crippen LogP) is 0.848. The molecule has 1 heterocycles. The minimum atomic E-state index is -0.0267. The number of amides is 1. The minimum Gasteiger partial charge on any atom is -0.497 e. The van der Waals surface area contributed by atoms with Crippen molar-refractivity contribution < 1.29 is 9.53 Å². The number of benzene rings is 1. The molecule has 5 nitrogen and oxygen atoms in total. The molecule has 0 spiro atoms. The van der Waals surface area contributed by atoms with Gasteiger partial charge in [-0.15, -0.1) is 0 Å². The fourth-order valence-corrected chi connectivity index (χ4v) is 2.52. The fraction of sp³-hybridized carbons (Fsp3) is 0.533. The van der Waals surface area contributed by atoms with Crippen molar-refractivity contribution in [3.63, 3.8) is 0 Å². The summed E-state index contributed by atoms with van der Waals surface area (Å²) in [6, 6.07) is 7.49. The number of hydrogen-bond acceptors (Lipinski definition) is 4. The Bertz CT molecular complexity index is 442. The van der Waals surface area contributed by atoms with Gasteiger partial charge in [-0.3, -0.25) is 4.79 Å². The largest absolute Gasteiger partial charge is 0.497 e. The molecule has 1 saturated heterocycles. The van der Waals surface area contributed by atoms with Crippen LogP contribution >= 0.6 is 0 Å². The van der Waals surface area contributed by atoms with Crippen molar-refractivity contribution in [2.24, 2.45) is 5.73 Å². The molecule has 0 aromatic heterocycles. The lowest BCUT2D eigenvalue weighted by molar-refractivity contribution is 0.0911. The van der Waals surface area contributed by atoms with Crippen LogP contribution in [0.25, 0.3) is 0 Å². The van der Waals surface area contributed by atoms with Gasteiger partial charge < -0.3 is 20.7 Å². The van der Waals surface area contributed by atoms with Crippen LogP contribution in [0, 0.1) is 0 Å². The molecule has 0 aliphatic carbocycles. The van der Waals surface area contributed by atoms with Crippen molar-refractivity contribution in [1.29, 1.82) is 0 Å². The number of likely N-dealkylation sites (tertiary alicyclic amines) is 1. The predicted molar refractivity (Wildman–Crippen MR) is 79.0 cm³/mol. The molecule has 5 heteroatoms. The first-order chi connectivity index (χ1) is 9.72. The lowest BCUT2D eigenvalue weighted by atomic mass is 10.0. The Morgan fingerprint density at radius 3 is 2.85 bits per heavy atom. The molecule has 1 fully saturated rings. The van der Waals surface area contributed by atoms with E-state index >= 15 is 0 Å². The third-order valence-corrected chi connectivity index (χ3v) is 3.70. The highest BCUT2D eigenvalue weighted by Gasteiger charge is 2.20. The number of piperidine rings is 1. The van der Waals surface area contributed by atoms with Crippen LogP contribution < -0.4 is 15.8 Å². The Balaban J connectivity index is 1.86. The summed E-state index contributed by atoms with van der Waals surface area (Å²) in [4.78, 5) is 14.5. The standard InChI is InChI=1S/C15H23N3O2/c1-20-14-4-2-3-12(11-14)15(19)17-13-5-8-18(9-6-13)10-7-16/h2-4,11,13H,5-10,16H2,1H3,(H,17,19). The van der Waals surface area contributed by atoms with Crippen LogP contribution in [0.4, 0.5) is 0 Å². The quantitative estimate of drug-likeness (QED) is 0.837. The van der Waals surface area contributed by atoms with Crippen molar-refractivity contribution in [2.75, 3.05) is 33.3 Å². The molecule has 1 aliphatic heterocycles. The summed E-state index contributed by atoms with van der Waals surface area (Å²) < 4.78 is 5.14. The second-order valence-corrected chi connectivity index (χ2v) is 5.11. The van der Waals surface area contributed by atoms with Gasteiger partial charge in [0, 0.05) is 37.8 Å². The highest BCUT2D eigenvalue weighted by Crippen LogP contribution is 2.14. The number of nitrogens with one attached hydrogen (secondary N) is 1. The van der Waals surface area contributed by atoms with E-state index in [-0.39, 0.29) is 11.9 Å². The average Bonchev–Trinajstić information content (AvgIpc) is 2.49. The van der Waals surface area contributed by atoms with Gasteiger partial charge in [-0.1, -0.05) is 6.07 Å². The summed E-state index contributed by atoms with van der Waals surface area (Å²) in [6.45, 7) is 3.64. The van der Waals surface area contributed by atoms with Gasteiger partial charge >= 0.3 is 0 Å². The summed E-state index contributed by atoms with van der Waals surface area (Å²) in [5, 5.41) is 3.10. The van der Waals surface area contributed by atoms with E-state index in [1.165, 1.54) is 0 Å². The van der Waals surface area contributed by atoms with E-state index < -0.39 is 0 Å². The summed E-state index contributed by atoms with van der Waals surface area (Å²) in [6.07, 6.45) is 1.96. The summed E-state index contributed by atoms with van der Waals surface area (Å²) in [7, 11) is 1.60. The second-order valence-electron chi connectivity index (χ2n) is 5.11. The Kier molecular flexibility index (Phi) is 5.38. The first kappa shape index (κ1) is 14.8. The maximum absolute atomic E-state index is 12.2. The third-order valence-electron chi connectivity index (χ3n) is 3.70. The third kappa shape index (κ3) is 3.95. The Morgan fingerprint density at radius 1 is 1.45 bits per heavy atom. The normalized spacial score (nSPS) is 16.9. The van der Waals surface area contributed by atoms with Gasteiger partial charge in [0.05, 0.1) is 7.11 Å². The number of carbonyl (C=O) groups is 1. The van der Waals surface area contributed by atoms with Gasteiger partial charge in [0.2, 0.25) is 0 Å². The molecular formula is C15H23N3O2. The zero-order valence-corrected chi connectivity index (χ0v) is 12.0. The van der Waals surface area contributed by atoms with E-state index in [1.54, 1.807) is 19.2 Å². The number of ether oxygens (including phenoxy) is 1. The van der Waals surface area contributed by atoms with E-state index in [9.17, 15) is 4.79 Å². The monoisotopic (exact) mass is 277 g/mol. The van der Waals surface area contributed by atoms with Crippen LogP contribution in [0.15, 0.2) is 24.3 Å². The zero-order valence-electron chi connectivity index (χ0n) is 12.0. The first-order valence-electron chi connectivity index (χ1n) is 7.10. The van der Waals surface area contributed by atoms with Gasteiger partial charge in [-0.05, 0) is 31.0 Å². The van der Waals surface area contributed by atoms with Crippen LogP contribution in [-0.4, -0.2) is 50.1 Å². The summed E-state index contributed by atoms with van der Waals surface area (Å²) in [5.41, 5.74) is 6.20. The molecule has 0 bridgehead atoms. The number of rotatable bonds is 5. The molecule has 110 valence electrons. The van der Waals surface area contributed by atoms with E-state index in [1.807, 2.05) is 12.1 Å². The maximum Gasteiger partial charge on any atom is 0.251 e. The second kappa shape index (κ2) is 7.26. The molecule has 2 rings (SSSR count). The van der Waals surface area contributed by atoms with Crippen LogP contribution in [-0.2, 0) is 0 Å². The molecule has 1 aromatic carbocycles. The molecule has 1 aliphatic rings. The van der Waals surface area contributed by atoms with Crippen molar-refractivity contribution in [1.82, 2.24) is 10.2 Å². The molecular weight excluding hydrogens is 254 g/mol. The molecule has 0 radical (unpaired) electrons. The van der Waals surface area contributed by atoms with Crippen LogP contribution in [0.1, 0.15) is 23.2 Å². The molecule has 0 saturated carbocycles. The highest BCUT2D eigenvalue weighted by atomic mass is 16.5. The van der Waals surface area contributed by atoms with Crippen molar-refractivity contribution >= 4 is 5.91 Å². The number of nitrogens with two attached hydrogens (primary N) is 1. The number of nitrogens with zero attached hydrogens (tertiary/aromatic N) is 1. The Morgan fingerprint density at radius 2 is 2.20 bits per heavy atom. The van der Waals surface area contributed by atoms with Gasteiger partial charge in [-0.25, -0.2) is 0 Å². The molecule has 1 aromatic rings. The molecule has 0 atom stereocenters. The lowest BCUT2D eigenvalue weighted by Crippen LogP contribution is -2.45. The van der Waals surface area contributed by atoms with Gasteiger partial charge in [-0.2, -0.15) is 0 Å². The van der Waals surface area contributed by atoms with Crippen LogP contribution in [0.3, 0.4) is 0 Å². The van der Waals surface area contributed by atoms with Crippen LogP contribution in [0.2, 0.25) is 0 Å². The van der Waals surface area contributed by atoms with Crippen molar-refractivity contribution in [3.05, 3.63) is 29.8 Å². The SMILES string of the molecule is COc1cccc(C(=O)NC2CCN(CCN)CC2)c1. The molecule has 1 amide bonds. The number of carbonyl (C=O) groups excluding carboxylic acids is 1. The van der Waals surface area contributed by atoms with E-state index in [0.717, 1.165) is 32.5 Å². The minimum absolute atomic E-state index is 0.0267. The molecule has 20 heavy (non-hydrogen) atoms. The summed E-state index contributed by atoms with van der Waals surface area (Å²) >= 11 is 0. The van der Waals surface area contributed by atoms with Gasteiger partial charge in [0.25, 0.3) is 5.91 Å². The molecule has 0 unspecified atom stereocenters. The molecule has 3 N–H and O–H groups in total. The fourth-order valence-electron chi connectivity index (χ4n) is 2.52. The number of hydrogen-bond donors (Lipinski definition) is 2. The smallest absolute Gasteiger partial charge is 0.251 e. The summed E-state index contributed by atoms with van der Waals surface area (Å²) in [5.74, 6) is 0.677. The Hall–Kier alpha value is -1.59. The zero-order chi connectivity index (χ0) is 14.4. The van der Waals surface area contributed by atoms with Crippen molar-refractivity contribution in [2.45, 2.75) is 18.9 Å². The van der Waals surface area contributed by atoms with Gasteiger partial charge in [0.1, 0.15) is 5.75 Å². The van der Waals surface area contributed by atoms with E-state index in [2.05, 4.69) is 10.2 Å². The van der Waals surface area contributed by atoms with Gasteiger partial charge in [0.15, 0.2) is 0 Å². The first-order valence-corrected chi connectivity index (χ1v) is 7.10. The van der Waals surface area contributed by atoms with Crippen molar-refractivity contribution in [3.8, 4) is 5.75 Å². The Labute approximate surface area is 120 Å². The van der Waals surface area contributed by atoms with Crippen LogP contribution in [0.5, 0.6) is 5.75 Å². The van der Waals surface area contributed by atoms with E-state index in [4.69, 9.17) is 10.5 Å². The lowest BCUT2D eigenvalue weighted by Gasteiger charge is -2.32.